The molecule has 1 N–H and O–H groups in total. The van der Waals surface area contributed by atoms with Crippen LogP contribution in [0, 0.1) is 5.92 Å². The van der Waals surface area contributed by atoms with E-state index in [1.165, 1.54) is 0 Å². The summed E-state index contributed by atoms with van der Waals surface area (Å²) >= 11 is 0. The Kier molecular flexibility index (Phi) is 6.20. The number of piperidine rings is 1. The van der Waals surface area contributed by atoms with E-state index in [1.54, 1.807) is 18.6 Å². The molecule has 7 heteroatoms. The predicted molar refractivity (Wildman–Crippen MR) is 96.3 cm³/mol. The number of carbonyl (C=O) groups excluding carboxylic acids is 1. The van der Waals surface area contributed by atoms with E-state index >= 15 is 0 Å². The van der Waals surface area contributed by atoms with E-state index in [2.05, 4.69) is 19.8 Å². The van der Waals surface area contributed by atoms with Crippen molar-refractivity contribution in [3.05, 3.63) is 18.6 Å². The van der Waals surface area contributed by atoms with Gasteiger partial charge in [0.05, 0.1) is 12.3 Å². The highest BCUT2D eigenvalue weighted by Gasteiger charge is 2.31. The normalized spacial score (nSPS) is 21.4. The first-order valence-electron chi connectivity index (χ1n) is 9.37. The minimum absolute atomic E-state index is 0.126. The van der Waals surface area contributed by atoms with Crippen molar-refractivity contribution in [1.29, 1.82) is 0 Å². The molecule has 7 nitrogen and oxygen atoms in total. The van der Waals surface area contributed by atoms with Crippen molar-refractivity contribution < 1.29 is 9.90 Å². The van der Waals surface area contributed by atoms with Crippen LogP contribution in [0.3, 0.4) is 0 Å². The number of anilines is 1. The summed E-state index contributed by atoms with van der Waals surface area (Å²) in [6.45, 7) is 7.71. The summed E-state index contributed by atoms with van der Waals surface area (Å²) in [5.74, 6) is 1.33. The fourth-order valence-corrected chi connectivity index (χ4v) is 3.65. The van der Waals surface area contributed by atoms with Crippen LogP contribution in [0.2, 0.25) is 0 Å². The molecule has 2 saturated heterocycles. The molecule has 2 aliphatic heterocycles. The van der Waals surface area contributed by atoms with Gasteiger partial charge in [-0.1, -0.05) is 6.92 Å². The number of hydrogen-bond acceptors (Lipinski definition) is 6. The van der Waals surface area contributed by atoms with E-state index in [0.29, 0.717) is 5.91 Å². The van der Waals surface area contributed by atoms with Crippen LogP contribution in [0.5, 0.6) is 0 Å². The largest absolute Gasteiger partial charge is 0.392 e. The number of carbonyl (C=O) groups is 1. The summed E-state index contributed by atoms with van der Waals surface area (Å²) in [4.78, 5) is 27.7. The topological polar surface area (TPSA) is 72.8 Å². The zero-order valence-electron chi connectivity index (χ0n) is 15.0. The lowest BCUT2D eigenvalue weighted by molar-refractivity contribution is -0.138. The minimum Gasteiger partial charge on any atom is -0.392 e. The van der Waals surface area contributed by atoms with Gasteiger partial charge in [-0.3, -0.25) is 14.7 Å². The third-order valence-corrected chi connectivity index (χ3v) is 5.34. The summed E-state index contributed by atoms with van der Waals surface area (Å²) in [7, 11) is 0. The number of amides is 1. The van der Waals surface area contributed by atoms with Gasteiger partial charge in [0.1, 0.15) is 5.82 Å². The molecule has 0 spiro atoms. The Morgan fingerprint density at radius 1 is 1.20 bits per heavy atom. The van der Waals surface area contributed by atoms with Crippen LogP contribution in [0.4, 0.5) is 5.82 Å². The zero-order valence-corrected chi connectivity index (χ0v) is 15.0. The van der Waals surface area contributed by atoms with Crippen molar-refractivity contribution in [2.45, 2.75) is 32.3 Å². The molecule has 3 heterocycles. The van der Waals surface area contributed by atoms with Crippen LogP contribution in [0.15, 0.2) is 18.6 Å². The number of aromatic nitrogens is 2. The monoisotopic (exact) mass is 347 g/mol. The van der Waals surface area contributed by atoms with Crippen LogP contribution in [-0.4, -0.2) is 82.7 Å². The maximum Gasteiger partial charge on any atom is 0.225 e. The smallest absolute Gasteiger partial charge is 0.225 e. The number of β-amino-alcohol motifs (C(OH)–C–C–N with tert-alkyl or cyclic N) is 1. The average Bonchev–Trinajstić information content (AvgIpc) is 2.69. The van der Waals surface area contributed by atoms with Crippen molar-refractivity contribution in [3.8, 4) is 0 Å². The van der Waals surface area contributed by atoms with Crippen LogP contribution in [-0.2, 0) is 4.79 Å². The number of rotatable bonds is 5. The molecule has 0 unspecified atom stereocenters. The molecule has 0 saturated carbocycles. The van der Waals surface area contributed by atoms with Gasteiger partial charge in [-0.2, -0.15) is 0 Å². The van der Waals surface area contributed by atoms with Crippen LogP contribution in [0.1, 0.15) is 26.2 Å². The van der Waals surface area contributed by atoms with Gasteiger partial charge in [0, 0.05) is 64.1 Å². The van der Waals surface area contributed by atoms with Crippen LogP contribution < -0.4 is 4.90 Å². The molecule has 1 amide bonds. The van der Waals surface area contributed by atoms with Crippen LogP contribution in [0.25, 0.3) is 0 Å². The SMILES string of the molecule is CC[C@H](O)CN1CCN(C(=O)C2CCN(c3cnccn3)CC2)CC1. The van der Waals surface area contributed by atoms with E-state index in [4.69, 9.17) is 0 Å². The maximum absolute atomic E-state index is 12.8. The Bertz CT molecular complexity index is 540. The lowest BCUT2D eigenvalue weighted by Crippen LogP contribution is -2.52. The summed E-state index contributed by atoms with van der Waals surface area (Å²) in [6.07, 6.45) is 7.46. The second-order valence-corrected chi connectivity index (χ2v) is 7.01. The quantitative estimate of drug-likeness (QED) is 0.841. The van der Waals surface area contributed by atoms with Crippen molar-refractivity contribution in [2.75, 3.05) is 50.7 Å². The van der Waals surface area contributed by atoms with E-state index in [0.717, 1.165) is 70.9 Å². The molecule has 0 radical (unpaired) electrons. The number of aliphatic hydroxyl groups excluding tert-OH is 1. The highest BCUT2D eigenvalue weighted by molar-refractivity contribution is 5.79. The molecule has 138 valence electrons. The molecule has 1 aromatic heterocycles. The average molecular weight is 347 g/mol. The highest BCUT2D eigenvalue weighted by atomic mass is 16.3. The highest BCUT2D eigenvalue weighted by Crippen LogP contribution is 2.23. The van der Waals surface area contributed by atoms with E-state index in [-0.39, 0.29) is 12.0 Å². The summed E-state index contributed by atoms with van der Waals surface area (Å²) in [5.41, 5.74) is 0. The Hall–Kier alpha value is -1.73. The Morgan fingerprint density at radius 3 is 2.52 bits per heavy atom. The van der Waals surface area contributed by atoms with Gasteiger partial charge in [0.25, 0.3) is 0 Å². The van der Waals surface area contributed by atoms with Crippen molar-refractivity contribution in [2.24, 2.45) is 5.92 Å². The number of nitrogens with zero attached hydrogens (tertiary/aromatic N) is 5. The second kappa shape index (κ2) is 8.58. The molecule has 3 rings (SSSR count). The first-order chi connectivity index (χ1) is 12.2. The molecular formula is C18H29N5O2. The van der Waals surface area contributed by atoms with Crippen LogP contribution >= 0.6 is 0 Å². The molecule has 2 aliphatic rings. The second-order valence-electron chi connectivity index (χ2n) is 7.01. The van der Waals surface area contributed by atoms with Crippen molar-refractivity contribution in [3.63, 3.8) is 0 Å². The fraction of sp³-hybridized carbons (Fsp3) is 0.722. The molecule has 0 bridgehead atoms. The van der Waals surface area contributed by atoms with Gasteiger partial charge in [0.15, 0.2) is 0 Å². The number of piperazine rings is 1. The van der Waals surface area contributed by atoms with E-state index < -0.39 is 0 Å². The first kappa shape index (κ1) is 18.1. The Labute approximate surface area is 149 Å². The molecule has 1 atom stereocenters. The number of aliphatic hydroxyl groups is 1. The third kappa shape index (κ3) is 4.67. The maximum atomic E-state index is 12.8. The van der Waals surface area contributed by atoms with Gasteiger partial charge < -0.3 is 14.9 Å². The molecule has 0 aromatic carbocycles. The molecule has 2 fully saturated rings. The van der Waals surface area contributed by atoms with Crippen molar-refractivity contribution in [1.82, 2.24) is 19.8 Å². The number of hydrogen-bond donors (Lipinski definition) is 1. The first-order valence-corrected chi connectivity index (χ1v) is 9.37. The lowest BCUT2D eigenvalue weighted by atomic mass is 9.95. The zero-order chi connectivity index (χ0) is 17.6. The van der Waals surface area contributed by atoms with Gasteiger partial charge in [-0.05, 0) is 19.3 Å². The third-order valence-electron chi connectivity index (χ3n) is 5.34. The Morgan fingerprint density at radius 2 is 1.92 bits per heavy atom. The minimum atomic E-state index is -0.257. The Balaban J connectivity index is 1.44. The van der Waals surface area contributed by atoms with Gasteiger partial charge in [-0.15, -0.1) is 0 Å². The summed E-state index contributed by atoms with van der Waals surface area (Å²) in [5, 5.41) is 9.77. The lowest BCUT2D eigenvalue weighted by Gasteiger charge is -2.39. The summed E-state index contributed by atoms with van der Waals surface area (Å²) < 4.78 is 0. The van der Waals surface area contributed by atoms with Crippen molar-refractivity contribution >= 4 is 11.7 Å². The van der Waals surface area contributed by atoms with E-state index in [9.17, 15) is 9.90 Å². The summed E-state index contributed by atoms with van der Waals surface area (Å²) in [6, 6.07) is 0. The molecule has 0 aliphatic carbocycles. The molecule has 25 heavy (non-hydrogen) atoms. The van der Waals surface area contributed by atoms with E-state index in [1.807, 2.05) is 11.8 Å². The predicted octanol–water partition coefficient (Wildman–Crippen LogP) is 0.608. The fourth-order valence-electron chi connectivity index (χ4n) is 3.65. The van der Waals surface area contributed by atoms with Gasteiger partial charge in [-0.25, -0.2) is 4.98 Å². The van der Waals surface area contributed by atoms with Gasteiger partial charge >= 0.3 is 0 Å². The standard InChI is InChI=1S/C18H29N5O2/c1-2-16(24)14-21-9-11-23(12-10-21)18(25)15-3-7-22(8-4-15)17-13-19-5-6-20-17/h5-6,13,15-16,24H,2-4,7-12,14H2,1H3/t16-/m0/s1. The molecule has 1 aromatic rings. The van der Waals surface area contributed by atoms with Gasteiger partial charge in [0.2, 0.25) is 5.91 Å². The molecular weight excluding hydrogens is 318 g/mol.